The fraction of sp³-hybridized carbons (Fsp3) is 0.917. The minimum atomic E-state index is -2.08. The average Bonchev–Trinajstić information content (AvgIpc) is 2.08. The number of rotatable bonds is 7. The van der Waals surface area contributed by atoms with Crippen LogP contribution in [0.2, 0.25) is 7.96 Å². The average molecular weight is 406 g/mol. The molecular weight excluding hydrogens is 381 g/mol. The molecular formula is C12H25O2Tl. The number of hydrogen-bond acceptors (Lipinski definition) is 2. The van der Waals surface area contributed by atoms with Crippen LogP contribution >= 0.6 is 0 Å². The molecule has 2 nitrogen and oxygen atoms in total. The molecule has 3 heteroatoms. The first-order valence-corrected chi connectivity index (χ1v) is 14.3. The van der Waals surface area contributed by atoms with Crippen molar-refractivity contribution >= 4 is 29.1 Å². The van der Waals surface area contributed by atoms with Crippen molar-refractivity contribution in [2.45, 2.75) is 55.4 Å². The van der Waals surface area contributed by atoms with E-state index in [9.17, 15) is 4.79 Å². The predicted octanol–water partition coefficient (Wildman–Crippen LogP) is 3.63. The molecule has 0 aromatic heterocycles. The summed E-state index contributed by atoms with van der Waals surface area (Å²) in [7, 11) is 0. The summed E-state index contributed by atoms with van der Waals surface area (Å²) >= 11 is -2.08. The third-order valence-electron chi connectivity index (χ3n) is 2.46. The molecule has 0 saturated heterocycles. The van der Waals surface area contributed by atoms with Crippen LogP contribution in [-0.2, 0) is 7.48 Å². The van der Waals surface area contributed by atoms with Crippen molar-refractivity contribution in [1.29, 1.82) is 0 Å². The first-order chi connectivity index (χ1) is 6.91. The quantitative estimate of drug-likeness (QED) is 0.605. The van der Waals surface area contributed by atoms with Gasteiger partial charge < -0.3 is 0 Å². The first-order valence-electron chi connectivity index (χ1n) is 6.09. The van der Waals surface area contributed by atoms with Gasteiger partial charge in [-0.1, -0.05) is 0 Å². The van der Waals surface area contributed by atoms with E-state index in [4.69, 9.17) is 2.69 Å². The van der Waals surface area contributed by atoms with Crippen molar-refractivity contribution in [3.8, 4) is 0 Å². The molecule has 0 aliphatic heterocycles. The zero-order valence-corrected chi connectivity index (χ0v) is 15.4. The van der Waals surface area contributed by atoms with Crippen LogP contribution < -0.4 is 0 Å². The Morgan fingerprint density at radius 2 is 1.47 bits per heavy atom. The van der Waals surface area contributed by atoms with Gasteiger partial charge in [0.1, 0.15) is 0 Å². The zero-order valence-electron chi connectivity index (χ0n) is 10.9. The molecule has 0 aliphatic rings. The molecule has 0 rings (SSSR count). The van der Waals surface area contributed by atoms with Gasteiger partial charge in [0.15, 0.2) is 0 Å². The van der Waals surface area contributed by atoms with Crippen LogP contribution in [0.1, 0.15) is 47.5 Å². The molecule has 0 aromatic carbocycles. The third-order valence-corrected chi connectivity index (χ3v) is 12.6. The summed E-state index contributed by atoms with van der Waals surface area (Å²) in [5.74, 6) is 1.43. The molecule has 0 aromatic rings. The SMILES string of the molecule is CC(=O)[O][Tl]([CH2]CC(C)C)[CH2]CC(C)C. The summed E-state index contributed by atoms with van der Waals surface area (Å²) in [6.07, 6.45) is 2.47. The van der Waals surface area contributed by atoms with Gasteiger partial charge in [0.25, 0.3) is 0 Å². The molecule has 0 aliphatic carbocycles. The molecule has 0 unspecified atom stereocenters. The predicted molar refractivity (Wildman–Crippen MR) is 66.0 cm³/mol. The van der Waals surface area contributed by atoms with Gasteiger partial charge in [-0.2, -0.15) is 0 Å². The van der Waals surface area contributed by atoms with Gasteiger partial charge in [-0.15, -0.1) is 0 Å². The van der Waals surface area contributed by atoms with E-state index in [0.29, 0.717) is 0 Å². The summed E-state index contributed by atoms with van der Waals surface area (Å²) in [5.41, 5.74) is 0. The summed E-state index contributed by atoms with van der Waals surface area (Å²) in [6, 6.07) is 0. The molecule has 0 amide bonds. The Balaban J connectivity index is 3.89. The van der Waals surface area contributed by atoms with Crippen LogP contribution in [0.15, 0.2) is 0 Å². The van der Waals surface area contributed by atoms with Gasteiger partial charge in [-0.05, 0) is 0 Å². The summed E-state index contributed by atoms with van der Waals surface area (Å²) < 4.78 is 7.99. The van der Waals surface area contributed by atoms with Crippen molar-refractivity contribution in [2.75, 3.05) is 0 Å². The monoisotopic (exact) mass is 406 g/mol. The van der Waals surface area contributed by atoms with Gasteiger partial charge in [0, 0.05) is 0 Å². The van der Waals surface area contributed by atoms with Gasteiger partial charge in [-0.3, -0.25) is 0 Å². The van der Waals surface area contributed by atoms with Gasteiger partial charge in [0.05, 0.1) is 0 Å². The summed E-state index contributed by atoms with van der Waals surface area (Å²) in [6.45, 7) is 10.5. The Morgan fingerprint density at radius 1 is 1.07 bits per heavy atom. The molecule has 0 N–H and O–H groups in total. The van der Waals surface area contributed by atoms with Crippen LogP contribution in [0, 0.1) is 11.8 Å². The van der Waals surface area contributed by atoms with E-state index in [2.05, 4.69) is 27.7 Å². The Morgan fingerprint density at radius 3 is 1.73 bits per heavy atom. The van der Waals surface area contributed by atoms with E-state index in [1.54, 1.807) is 6.92 Å². The maximum atomic E-state index is 11.0. The molecule has 0 heterocycles. The van der Waals surface area contributed by atoms with Crippen LogP contribution in [0.5, 0.6) is 0 Å². The van der Waals surface area contributed by atoms with Gasteiger partial charge >= 0.3 is 104 Å². The van der Waals surface area contributed by atoms with E-state index in [1.165, 1.54) is 20.8 Å². The van der Waals surface area contributed by atoms with Crippen molar-refractivity contribution in [3.63, 3.8) is 0 Å². The minimum absolute atomic E-state index is 0.0471. The molecule has 0 atom stereocenters. The maximum absolute atomic E-state index is 11.0. The second-order valence-corrected chi connectivity index (χ2v) is 15.4. The fourth-order valence-corrected chi connectivity index (χ4v) is 13.5. The molecule has 0 bridgehead atoms. The Bertz CT molecular complexity index is 166. The third kappa shape index (κ3) is 10.7. The van der Waals surface area contributed by atoms with Crippen molar-refractivity contribution in [3.05, 3.63) is 0 Å². The first kappa shape index (κ1) is 15.4. The van der Waals surface area contributed by atoms with E-state index in [-0.39, 0.29) is 5.97 Å². The van der Waals surface area contributed by atoms with Crippen molar-refractivity contribution in [1.82, 2.24) is 0 Å². The molecule has 15 heavy (non-hydrogen) atoms. The fourth-order valence-electron chi connectivity index (χ4n) is 1.54. The molecule has 0 saturated carbocycles. The van der Waals surface area contributed by atoms with E-state index in [1.807, 2.05) is 0 Å². The Kier molecular flexibility index (Phi) is 8.76. The number of carbonyl (C=O) groups is 1. The van der Waals surface area contributed by atoms with Crippen LogP contribution in [0.25, 0.3) is 0 Å². The van der Waals surface area contributed by atoms with Gasteiger partial charge in [-0.25, -0.2) is 0 Å². The van der Waals surface area contributed by atoms with Crippen LogP contribution in [0.4, 0.5) is 0 Å². The number of hydrogen-bond donors (Lipinski definition) is 0. The summed E-state index contributed by atoms with van der Waals surface area (Å²) in [5, 5.41) is 0. The van der Waals surface area contributed by atoms with Gasteiger partial charge in [0.2, 0.25) is 0 Å². The zero-order chi connectivity index (χ0) is 11.8. The topological polar surface area (TPSA) is 26.3 Å². The second kappa shape index (κ2) is 8.53. The van der Waals surface area contributed by atoms with Crippen molar-refractivity contribution < 1.29 is 7.48 Å². The van der Waals surface area contributed by atoms with Crippen molar-refractivity contribution in [2.24, 2.45) is 11.8 Å². The summed E-state index contributed by atoms with van der Waals surface area (Å²) in [4.78, 5) is 11.0. The molecule has 0 spiro atoms. The molecule has 0 radical (unpaired) electrons. The van der Waals surface area contributed by atoms with E-state index < -0.39 is 23.2 Å². The normalized spacial score (nSPS) is 10.9. The molecule has 0 fully saturated rings. The second-order valence-electron chi connectivity index (χ2n) is 5.17. The molecule has 88 valence electrons. The van der Waals surface area contributed by atoms with Crippen LogP contribution in [0.3, 0.4) is 0 Å². The Labute approximate surface area is 104 Å². The number of carbonyl (C=O) groups excluding carboxylic acids is 1. The van der Waals surface area contributed by atoms with Crippen LogP contribution in [-0.4, -0.2) is 29.1 Å². The van der Waals surface area contributed by atoms with E-state index >= 15 is 0 Å². The van der Waals surface area contributed by atoms with E-state index in [0.717, 1.165) is 11.8 Å². The Hall–Kier alpha value is 0.392. The standard InChI is InChI=1S/2C5H11.C2H4O2.Tl/c2*1-4-5(2)3;1-2(3)4;/h2*5H,1,4H2,2-3H3;1H3,(H,3,4);/q;;;+1/p-1.